The number of carbonyl (C=O) groups excluding carboxylic acids is 1. The number of furan rings is 1. The number of nitrogen functional groups attached to an aromatic ring is 1. The number of rotatable bonds is 3. The van der Waals surface area contributed by atoms with Crippen molar-refractivity contribution in [1.82, 2.24) is 0 Å². The van der Waals surface area contributed by atoms with Crippen LogP contribution < -0.4 is 11.1 Å². The summed E-state index contributed by atoms with van der Waals surface area (Å²) in [6.45, 7) is 1.87. The molecule has 0 saturated heterocycles. The van der Waals surface area contributed by atoms with Crippen molar-refractivity contribution < 1.29 is 9.21 Å². The van der Waals surface area contributed by atoms with Crippen molar-refractivity contribution in [3.63, 3.8) is 0 Å². The average molecular weight is 361 g/mol. The van der Waals surface area contributed by atoms with Crippen LogP contribution in [0.4, 0.5) is 11.4 Å². The van der Waals surface area contributed by atoms with Crippen molar-refractivity contribution in [2.24, 2.45) is 0 Å². The van der Waals surface area contributed by atoms with Gasteiger partial charge >= 0.3 is 0 Å². The van der Waals surface area contributed by atoms with E-state index in [0.717, 1.165) is 5.56 Å². The predicted molar refractivity (Wildman–Crippen MR) is 97.7 cm³/mol. The minimum atomic E-state index is -0.348. The van der Waals surface area contributed by atoms with E-state index in [9.17, 15) is 4.79 Å². The molecule has 0 aliphatic rings. The molecule has 4 nitrogen and oxygen atoms in total. The van der Waals surface area contributed by atoms with Gasteiger partial charge in [0.2, 0.25) is 0 Å². The summed E-state index contributed by atoms with van der Waals surface area (Å²) >= 11 is 12.0. The van der Waals surface area contributed by atoms with Crippen LogP contribution in [0.5, 0.6) is 0 Å². The molecule has 0 atom stereocenters. The summed E-state index contributed by atoms with van der Waals surface area (Å²) in [6.07, 6.45) is 0. The zero-order valence-electron chi connectivity index (χ0n) is 12.8. The molecule has 0 saturated carbocycles. The Balaban J connectivity index is 1.83. The third-order valence-corrected chi connectivity index (χ3v) is 4.07. The van der Waals surface area contributed by atoms with E-state index < -0.39 is 0 Å². The van der Waals surface area contributed by atoms with Crippen molar-refractivity contribution in [3.8, 4) is 11.3 Å². The molecule has 0 bridgehead atoms. The lowest BCUT2D eigenvalue weighted by molar-refractivity contribution is 0.0997. The van der Waals surface area contributed by atoms with Gasteiger partial charge in [-0.3, -0.25) is 4.79 Å². The molecule has 24 heavy (non-hydrogen) atoms. The van der Waals surface area contributed by atoms with E-state index in [1.165, 1.54) is 0 Å². The molecule has 0 radical (unpaired) electrons. The van der Waals surface area contributed by atoms with Gasteiger partial charge in [0.05, 0.1) is 5.02 Å². The van der Waals surface area contributed by atoms with Crippen LogP contribution in [0.1, 0.15) is 16.1 Å². The Kier molecular flexibility index (Phi) is 4.51. The van der Waals surface area contributed by atoms with Crippen molar-refractivity contribution in [2.45, 2.75) is 6.92 Å². The second kappa shape index (κ2) is 6.59. The maximum absolute atomic E-state index is 12.3. The number of aryl methyl sites for hydroxylation is 1. The fraction of sp³-hybridized carbons (Fsp3) is 0.0556. The first kappa shape index (κ1) is 16.4. The van der Waals surface area contributed by atoms with Crippen molar-refractivity contribution in [2.75, 3.05) is 11.1 Å². The van der Waals surface area contributed by atoms with Gasteiger partial charge in [0.1, 0.15) is 5.76 Å². The summed E-state index contributed by atoms with van der Waals surface area (Å²) < 4.78 is 5.62. The molecule has 1 amide bonds. The molecular weight excluding hydrogens is 347 g/mol. The molecular formula is C18H14Cl2N2O2. The summed E-state index contributed by atoms with van der Waals surface area (Å²) in [5.41, 5.74) is 8.57. The quantitative estimate of drug-likeness (QED) is 0.614. The number of hydrogen-bond acceptors (Lipinski definition) is 3. The molecule has 0 spiro atoms. The van der Waals surface area contributed by atoms with Gasteiger partial charge in [-0.15, -0.1) is 0 Å². The molecule has 6 heteroatoms. The molecule has 0 aliphatic heterocycles. The van der Waals surface area contributed by atoms with Gasteiger partial charge in [0.15, 0.2) is 5.76 Å². The normalized spacial score (nSPS) is 10.6. The van der Waals surface area contributed by atoms with Crippen LogP contribution in [0.15, 0.2) is 52.9 Å². The number of nitrogens with two attached hydrogens (primary N) is 1. The minimum absolute atomic E-state index is 0.187. The first-order chi connectivity index (χ1) is 11.4. The molecule has 3 rings (SSSR count). The Morgan fingerprint density at radius 2 is 1.88 bits per heavy atom. The molecule has 0 fully saturated rings. The fourth-order valence-corrected chi connectivity index (χ4v) is 2.81. The van der Waals surface area contributed by atoms with Gasteiger partial charge in [0, 0.05) is 22.0 Å². The summed E-state index contributed by atoms with van der Waals surface area (Å²) in [5, 5.41) is 3.79. The lowest BCUT2D eigenvalue weighted by Crippen LogP contribution is -2.11. The number of hydrogen-bond donors (Lipinski definition) is 2. The highest BCUT2D eigenvalue weighted by molar-refractivity contribution is 6.36. The topological polar surface area (TPSA) is 68.3 Å². The number of benzene rings is 2. The fourth-order valence-electron chi connectivity index (χ4n) is 2.31. The number of anilines is 2. The van der Waals surface area contributed by atoms with Crippen LogP contribution >= 0.6 is 23.2 Å². The zero-order chi connectivity index (χ0) is 17.3. The van der Waals surface area contributed by atoms with E-state index in [1.807, 2.05) is 6.92 Å². The highest BCUT2D eigenvalue weighted by Crippen LogP contribution is 2.31. The Morgan fingerprint density at radius 3 is 2.58 bits per heavy atom. The highest BCUT2D eigenvalue weighted by Gasteiger charge is 2.15. The van der Waals surface area contributed by atoms with E-state index in [2.05, 4.69) is 5.32 Å². The molecule has 1 aromatic heterocycles. The Bertz CT molecular complexity index is 919. The standard InChI is InChI=1S/C18H14Cl2N2O2/c1-10-8-12(21)3-5-15(10)22-18(23)17-7-6-16(24-17)13-4-2-11(19)9-14(13)20/h2-9H,21H2,1H3,(H,22,23). The minimum Gasteiger partial charge on any atom is -0.451 e. The van der Waals surface area contributed by atoms with Crippen LogP contribution in [0.3, 0.4) is 0 Å². The third-order valence-electron chi connectivity index (χ3n) is 3.53. The van der Waals surface area contributed by atoms with Gasteiger partial charge in [-0.25, -0.2) is 0 Å². The van der Waals surface area contributed by atoms with E-state index in [-0.39, 0.29) is 11.7 Å². The molecule has 3 N–H and O–H groups in total. The van der Waals surface area contributed by atoms with E-state index in [0.29, 0.717) is 32.7 Å². The third kappa shape index (κ3) is 3.40. The van der Waals surface area contributed by atoms with Gasteiger partial charge in [-0.1, -0.05) is 23.2 Å². The first-order valence-electron chi connectivity index (χ1n) is 7.17. The molecule has 0 aliphatic carbocycles. The Hall–Kier alpha value is -2.43. The molecule has 2 aromatic carbocycles. The van der Waals surface area contributed by atoms with E-state index >= 15 is 0 Å². The summed E-state index contributed by atoms with van der Waals surface area (Å²) in [5.74, 6) is 0.335. The zero-order valence-corrected chi connectivity index (χ0v) is 14.3. The van der Waals surface area contributed by atoms with Crippen molar-refractivity contribution in [3.05, 3.63) is 69.9 Å². The predicted octanol–water partition coefficient (Wildman–Crippen LogP) is 5.40. The second-order valence-corrected chi connectivity index (χ2v) is 6.16. The maximum atomic E-state index is 12.3. The number of carbonyl (C=O) groups is 1. The number of nitrogens with one attached hydrogen (secondary N) is 1. The van der Waals surface area contributed by atoms with Crippen molar-refractivity contribution >= 4 is 40.5 Å². The lowest BCUT2D eigenvalue weighted by Gasteiger charge is -2.07. The molecule has 122 valence electrons. The van der Waals surface area contributed by atoms with Crippen molar-refractivity contribution in [1.29, 1.82) is 0 Å². The highest BCUT2D eigenvalue weighted by atomic mass is 35.5. The van der Waals surface area contributed by atoms with E-state index in [4.69, 9.17) is 33.4 Å². The van der Waals surface area contributed by atoms with Gasteiger partial charge < -0.3 is 15.5 Å². The number of amides is 1. The molecule has 1 heterocycles. The number of halogens is 2. The van der Waals surface area contributed by atoms with Gasteiger partial charge in [-0.05, 0) is 61.0 Å². The first-order valence-corrected chi connectivity index (χ1v) is 7.92. The molecule has 3 aromatic rings. The molecule has 0 unspecified atom stereocenters. The largest absolute Gasteiger partial charge is 0.451 e. The van der Waals surface area contributed by atoms with E-state index in [1.54, 1.807) is 48.5 Å². The monoisotopic (exact) mass is 360 g/mol. The second-order valence-electron chi connectivity index (χ2n) is 5.32. The summed E-state index contributed by atoms with van der Waals surface area (Å²) in [6, 6.07) is 13.6. The van der Waals surface area contributed by atoms with Crippen LogP contribution in [-0.2, 0) is 0 Å². The summed E-state index contributed by atoms with van der Waals surface area (Å²) in [7, 11) is 0. The lowest BCUT2D eigenvalue weighted by atomic mass is 10.2. The van der Waals surface area contributed by atoms with Crippen LogP contribution in [-0.4, -0.2) is 5.91 Å². The van der Waals surface area contributed by atoms with Crippen LogP contribution in [0.25, 0.3) is 11.3 Å². The van der Waals surface area contributed by atoms with Crippen LogP contribution in [0, 0.1) is 6.92 Å². The summed E-state index contributed by atoms with van der Waals surface area (Å²) in [4.78, 5) is 12.3. The Morgan fingerprint density at radius 1 is 1.08 bits per heavy atom. The van der Waals surface area contributed by atoms with Crippen LogP contribution in [0.2, 0.25) is 10.0 Å². The van der Waals surface area contributed by atoms with Gasteiger partial charge in [0.25, 0.3) is 5.91 Å². The smallest absolute Gasteiger partial charge is 0.291 e. The maximum Gasteiger partial charge on any atom is 0.291 e. The Labute approximate surface area is 149 Å². The average Bonchev–Trinajstić information content (AvgIpc) is 3.00. The van der Waals surface area contributed by atoms with Gasteiger partial charge in [-0.2, -0.15) is 0 Å². The SMILES string of the molecule is Cc1cc(N)ccc1NC(=O)c1ccc(-c2ccc(Cl)cc2Cl)o1.